The van der Waals surface area contributed by atoms with Gasteiger partial charge in [-0.25, -0.2) is 0 Å². The fourth-order valence-electron chi connectivity index (χ4n) is 6.37. The zero-order valence-electron chi connectivity index (χ0n) is 14.0. The minimum Gasteiger partial charge on any atom is -0.389 e. The number of piperidine rings is 1. The van der Waals surface area contributed by atoms with Crippen LogP contribution in [0.1, 0.15) is 57.8 Å². The van der Waals surface area contributed by atoms with Gasteiger partial charge >= 0.3 is 0 Å². The molecule has 0 radical (unpaired) electrons. The van der Waals surface area contributed by atoms with Crippen molar-refractivity contribution in [3.05, 3.63) is 0 Å². The molecule has 22 heavy (non-hydrogen) atoms. The number of ether oxygens (including phenoxy) is 1. The molecule has 0 unspecified atom stereocenters. The smallest absolute Gasteiger partial charge is 0.0900 e. The van der Waals surface area contributed by atoms with Crippen molar-refractivity contribution in [1.82, 2.24) is 4.90 Å². The van der Waals surface area contributed by atoms with Gasteiger partial charge in [0.15, 0.2) is 0 Å². The van der Waals surface area contributed by atoms with E-state index in [1.165, 1.54) is 57.8 Å². The largest absolute Gasteiger partial charge is 0.389 e. The molecule has 1 aliphatic heterocycles. The third kappa shape index (κ3) is 3.37. The molecule has 4 aliphatic carbocycles. The lowest BCUT2D eigenvalue weighted by atomic mass is 9.50. The Hall–Kier alpha value is -0.120. The fourth-order valence-corrected chi connectivity index (χ4v) is 6.37. The molecule has 1 N–H and O–H groups in total. The average molecular weight is 307 g/mol. The Morgan fingerprint density at radius 1 is 0.955 bits per heavy atom. The molecule has 126 valence electrons. The highest BCUT2D eigenvalue weighted by Gasteiger charge is 2.50. The third-order valence-electron chi connectivity index (χ3n) is 6.80. The summed E-state index contributed by atoms with van der Waals surface area (Å²) in [6.45, 7) is 4.57. The molecule has 1 heterocycles. The summed E-state index contributed by atoms with van der Waals surface area (Å²) >= 11 is 0. The van der Waals surface area contributed by atoms with Crippen LogP contribution >= 0.6 is 0 Å². The van der Waals surface area contributed by atoms with Gasteiger partial charge in [-0.3, -0.25) is 0 Å². The molecule has 0 aromatic rings. The van der Waals surface area contributed by atoms with Crippen LogP contribution in [0.3, 0.4) is 0 Å². The molecule has 1 saturated heterocycles. The van der Waals surface area contributed by atoms with Crippen LogP contribution in [-0.4, -0.2) is 49.0 Å². The zero-order valence-corrected chi connectivity index (χ0v) is 14.0. The molecular weight excluding hydrogens is 274 g/mol. The van der Waals surface area contributed by atoms with Crippen molar-refractivity contribution in [3.63, 3.8) is 0 Å². The monoisotopic (exact) mass is 307 g/mol. The Morgan fingerprint density at radius 2 is 1.55 bits per heavy atom. The minimum absolute atomic E-state index is 0.299. The van der Waals surface area contributed by atoms with Crippen LogP contribution in [0.15, 0.2) is 0 Å². The molecule has 5 fully saturated rings. The minimum atomic E-state index is -0.299. The van der Waals surface area contributed by atoms with Crippen molar-refractivity contribution < 1.29 is 9.84 Å². The maximum Gasteiger partial charge on any atom is 0.0900 e. The topological polar surface area (TPSA) is 32.7 Å². The number of hydrogen-bond donors (Lipinski definition) is 1. The highest BCUT2D eigenvalue weighted by molar-refractivity contribution is 5.01. The van der Waals surface area contributed by atoms with Crippen LogP contribution in [0.4, 0.5) is 0 Å². The summed E-state index contributed by atoms with van der Waals surface area (Å²) in [5, 5.41) is 10.2. The predicted molar refractivity (Wildman–Crippen MR) is 87.7 cm³/mol. The number of aliphatic hydroxyl groups is 1. The first-order valence-corrected chi connectivity index (χ1v) is 9.69. The lowest BCUT2D eigenvalue weighted by Gasteiger charge is -2.56. The first kappa shape index (κ1) is 15.4. The summed E-state index contributed by atoms with van der Waals surface area (Å²) in [6, 6.07) is 0. The van der Waals surface area contributed by atoms with Crippen LogP contribution < -0.4 is 0 Å². The van der Waals surface area contributed by atoms with Gasteiger partial charge in [0.25, 0.3) is 0 Å². The second-order valence-corrected chi connectivity index (χ2v) is 8.95. The van der Waals surface area contributed by atoms with E-state index < -0.39 is 0 Å². The summed E-state index contributed by atoms with van der Waals surface area (Å²) in [6.07, 6.45) is 12.3. The molecule has 4 bridgehead atoms. The maximum atomic E-state index is 10.2. The SMILES string of the molecule is O[C@@H](COCC12CC3CC(CC(C3)C1)C2)CN1CCCCC1. The molecule has 0 aromatic heterocycles. The zero-order chi connectivity index (χ0) is 15.0. The van der Waals surface area contributed by atoms with E-state index in [-0.39, 0.29) is 6.10 Å². The second kappa shape index (κ2) is 6.41. The van der Waals surface area contributed by atoms with E-state index in [1.807, 2.05) is 0 Å². The van der Waals surface area contributed by atoms with E-state index in [1.54, 1.807) is 0 Å². The highest BCUT2D eigenvalue weighted by atomic mass is 16.5. The van der Waals surface area contributed by atoms with Gasteiger partial charge in [0.2, 0.25) is 0 Å². The molecule has 0 amide bonds. The average Bonchev–Trinajstić information content (AvgIpc) is 2.46. The fraction of sp³-hybridized carbons (Fsp3) is 1.00. The van der Waals surface area contributed by atoms with Gasteiger partial charge in [0.05, 0.1) is 19.3 Å². The Labute approximate surface area is 135 Å². The molecule has 1 atom stereocenters. The molecule has 5 aliphatic rings. The Kier molecular flexibility index (Phi) is 4.49. The number of rotatable bonds is 6. The van der Waals surface area contributed by atoms with Gasteiger partial charge in [0.1, 0.15) is 0 Å². The Morgan fingerprint density at radius 3 is 2.14 bits per heavy atom. The number of aliphatic hydroxyl groups excluding tert-OH is 1. The van der Waals surface area contributed by atoms with Gasteiger partial charge in [0, 0.05) is 6.54 Å². The summed E-state index contributed by atoms with van der Waals surface area (Å²) in [7, 11) is 0. The van der Waals surface area contributed by atoms with Crippen LogP contribution in [-0.2, 0) is 4.74 Å². The summed E-state index contributed by atoms with van der Waals surface area (Å²) in [5.41, 5.74) is 0.486. The molecule has 3 nitrogen and oxygen atoms in total. The van der Waals surface area contributed by atoms with E-state index in [9.17, 15) is 5.11 Å². The lowest BCUT2D eigenvalue weighted by Crippen LogP contribution is -2.48. The second-order valence-electron chi connectivity index (χ2n) is 8.95. The van der Waals surface area contributed by atoms with Gasteiger partial charge < -0.3 is 14.7 Å². The summed E-state index contributed by atoms with van der Waals surface area (Å²) in [5.74, 6) is 2.98. The Bertz CT molecular complexity index is 342. The predicted octanol–water partition coefficient (Wildman–Crippen LogP) is 3.07. The third-order valence-corrected chi connectivity index (χ3v) is 6.80. The molecular formula is C19H33NO2. The first-order valence-electron chi connectivity index (χ1n) is 9.69. The van der Waals surface area contributed by atoms with Gasteiger partial charge in [-0.1, -0.05) is 6.42 Å². The van der Waals surface area contributed by atoms with Gasteiger partial charge in [-0.2, -0.15) is 0 Å². The van der Waals surface area contributed by atoms with E-state index in [0.29, 0.717) is 12.0 Å². The van der Waals surface area contributed by atoms with Crippen LogP contribution in [0.25, 0.3) is 0 Å². The standard InChI is InChI=1S/C19H33NO2/c21-18(12-20-4-2-1-3-5-20)13-22-14-19-9-15-6-16(10-19)8-17(7-15)11-19/h15-18,21H,1-14H2/t15?,16?,17?,18-,19?/m1/s1. The highest BCUT2D eigenvalue weighted by Crippen LogP contribution is 2.60. The number of nitrogens with zero attached hydrogens (tertiary/aromatic N) is 1. The number of hydrogen-bond acceptors (Lipinski definition) is 3. The molecule has 5 rings (SSSR count). The van der Waals surface area contributed by atoms with Crippen molar-refractivity contribution in [2.45, 2.75) is 63.9 Å². The van der Waals surface area contributed by atoms with Gasteiger partial charge in [-0.05, 0) is 87.6 Å². The van der Waals surface area contributed by atoms with Crippen LogP contribution in [0.5, 0.6) is 0 Å². The van der Waals surface area contributed by atoms with E-state index in [0.717, 1.165) is 44.0 Å². The van der Waals surface area contributed by atoms with Crippen molar-refractivity contribution in [1.29, 1.82) is 0 Å². The quantitative estimate of drug-likeness (QED) is 0.818. The van der Waals surface area contributed by atoms with Crippen LogP contribution in [0.2, 0.25) is 0 Å². The van der Waals surface area contributed by atoms with E-state index in [2.05, 4.69) is 4.90 Å². The van der Waals surface area contributed by atoms with Crippen molar-refractivity contribution in [2.24, 2.45) is 23.2 Å². The summed E-state index contributed by atoms with van der Waals surface area (Å²) < 4.78 is 6.05. The number of likely N-dealkylation sites (tertiary alicyclic amines) is 1. The van der Waals surface area contributed by atoms with E-state index >= 15 is 0 Å². The number of β-amino-alcohol motifs (C(OH)–C–C–N with tert-alkyl or cyclic N) is 1. The van der Waals surface area contributed by atoms with Crippen molar-refractivity contribution in [3.8, 4) is 0 Å². The first-order chi connectivity index (χ1) is 10.7. The maximum absolute atomic E-state index is 10.2. The molecule has 3 heteroatoms. The van der Waals surface area contributed by atoms with Gasteiger partial charge in [-0.15, -0.1) is 0 Å². The van der Waals surface area contributed by atoms with Crippen LogP contribution in [0, 0.1) is 23.2 Å². The van der Waals surface area contributed by atoms with Crippen molar-refractivity contribution >= 4 is 0 Å². The summed E-state index contributed by atoms with van der Waals surface area (Å²) in [4.78, 5) is 2.41. The van der Waals surface area contributed by atoms with E-state index in [4.69, 9.17) is 4.74 Å². The lowest BCUT2D eigenvalue weighted by molar-refractivity contribution is -0.107. The Balaban J connectivity index is 1.21. The van der Waals surface area contributed by atoms with Crippen molar-refractivity contribution in [2.75, 3.05) is 32.8 Å². The molecule has 4 saturated carbocycles. The molecule has 0 aromatic carbocycles. The molecule has 0 spiro atoms. The normalized spacial score (nSPS) is 42.7.